The van der Waals surface area contributed by atoms with Crippen LogP contribution < -0.4 is 15.2 Å². The van der Waals surface area contributed by atoms with E-state index in [1.165, 1.54) is 36.7 Å². The summed E-state index contributed by atoms with van der Waals surface area (Å²) in [6, 6.07) is 10.3. The van der Waals surface area contributed by atoms with Gasteiger partial charge in [0, 0.05) is 17.5 Å². The molecule has 4 aromatic rings. The molecule has 4 rings (SSSR count). The summed E-state index contributed by atoms with van der Waals surface area (Å²) in [6.45, 7) is -0.411. The molecular weight excluding hydrogens is 443 g/mol. The van der Waals surface area contributed by atoms with E-state index in [1.54, 1.807) is 22.8 Å². The Hall–Kier alpha value is -4.28. The number of hydrogen-bond donors (Lipinski definition) is 2. The van der Waals surface area contributed by atoms with Crippen molar-refractivity contribution in [3.8, 4) is 11.5 Å². The van der Waals surface area contributed by atoms with Gasteiger partial charge in [-0.3, -0.25) is 9.78 Å². The van der Waals surface area contributed by atoms with Crippen molar-refractivity contribution in [2.75, 3.05) is 6.61 Å². The van der Waals surface area contributed by atoms with Crippen LogP contribution in [-0.2, 0) is 11.3 Å². The normalized spacial score (nSPS) is 11.6. The Balaban J connectivity index is 1.86. The summed E-state index contributed by atoms with van der Waals surface area (Å²) in [5.74, 6) is -2.07. The van der Waals surface area contributed by atoms with Crippen molar-refractivity contribution in [2.24, 2.45) is 5.73 Å². The number of carbonyl (C=O) groups is 2. The van der Waals surface area contributed by atoms with Gasteiger partial charge in [0.25, 0.3) is 0 Å². The summed E-state index contributed by atoms with van der Waals surface area (Å²) in [6.07, 6.45) is -1.93. The smallest absolute Gasteiger partial charge is 0.480 e. The van der Waals surface area contributed by atoms with Gasteiger partial charge in [-0.2, -0.15) is 0 Å². The number of carboxylic acids is 1. The highest BCUT2D eigenvalue weighted by Gasteiger charge is 2.31. The predicted octanol–water partition coefficient (Wildman–Crippen LogP) is 3.70. The fourth-order valence-electron chi connectivity index (χ4n) is 3.65. The summed E-state index contributed by atoms with van der Waals surface area (Å²) >= 11 is 0. The molecule has 0 saturated heterocycles. The van der Waals surface area contributed by atoms with Gasteiger partial charge in [-0.05, 0) is 29.8 Å². The predicted molar refractivity (Wildman–Crippen MR) is 111 cm³/mol. The molecule has 0 aliphatic heterocycles. The van der Waals surface area contributed by atoms with E-state index < -0.39 is 24.8 Å². The van der Waals surface area contributed by atoms with E-state index in [-0.39, 0.29) is 23.6 Å². The topological polar surface area (TPSA) is 117 Å². The molecule has 2 heterocycles. The summed E-state index contributed by atoms with van der Waals surface area (Å²) in [4.78, 5) is 27.2. The average molecular weight is 459 g/mol. The third kappa shape index (κ3) is 4.52. The monoisotopic (exact) mass is 459 g/mol. The SMILES string of the molecule is NC(=O)c1cccc2c1c1c(OCC(=O)O)cncc1n2Cc1ccc(OC(F)(F)F)cc1. The van der Waals surface area contributed by atoms with Gasteiger partial charge in [-0.1, -0.05) is 18.2 Å². The molecular formula is C22H16F3N3O5. The zero-order valence-electron chi connectivity index (χ0n) is 16.8. The Bertz CT molecular complexity index is 1360. The largest absolute Gasteiger partial charge is 0.573 e. The maximum atomic E-state index is 12.4. The van der Waals surface area contributed by atoms with Crippen molar-refractivity contribution in [2.45, 2.75) is 12.9 Å². The molecule has 2 aromatic heterocycles. The molecule has 0 aliphatic rings. The van der Waals surface area contributed by atoms with E-state index in [0.29, 0.717) is 27.4 Å². The number of primary amides is 1. The lowest BCUT2D eigenvalue weighted by molar-refractivity contribution is -0.274. The maximum Gasteiger partial charge on any atom is 0.573 e. The molecule has 0 spiro atoms. The molecule has 11 heteroatoms. The third-order valence-corrected chi connectivity index (χ3v) is 4.88. The number of nitrogens with two attached hydrogens (primary N) is 1. The fourth-order valence-corrected chi connectivity index (χ4v) is 3.65. The number of carboxylic acid groups (broad SMARTS) is 1. The molecule has 2 aromatic carbocycles. The van der Waals surface area contributed by atoms with E-state index in [1.807, 2.05) is 0 Å². The number of rotatable bonds is 7. The molecule has 0 aliphatic carbocycles. The molecule has 170 valence electrons. The molecule has 0 saturated carbocycles. The number of nitrogens with zero attached hydrogens (tertiary/aromatic N) is 2. The zero-order valence-corrected chi connectivity index (χ0v) is 16.8. The maximum absolute atomic E-state index is 12.4. The van der Waals surface area contributed by atoms with Gasteiger partial charge in [-0.15, -0.1) is 13.2 Å². The highest BCUT2D eigenvalue weighted by atomic mass is 19.4. The number of halogens is 3. The third-order valence-electron chi connectivity index (χ3n) is 4.88. The van der Waals surface area contributed by atoms with Crippen molar-refractivity contribution in [3.63, 3.8) is 0 Å². The van der Waals surface area contributed by atoms with E-state index in [9.17, 15) is 22.8 Å². The second-order valence-electron chi connectivity index (χ2n) is 7.06. The van der Waals surface area contributed by atoms with Crippen LogP contribution in [0.1, 0.15) is 15.9 Å². The minimum absolute atomic E-state index is 0.154. The standard InChI is InChI=1S/C22H16F3N3O5/c23-22(24,25)33-13-6-4-12(5-7-13)10-28-15-3-1-2-14(21(26)31)19(15)20-16(28)8-27-9-17(20)32-11-18(29)30/h1-9H,10-11H2,(H2,26,31)(H,29,30). The van der Waals surface area contributed by atoms with Gasteiger partial charge in [0.05, 0.1) is 28.8 Å². The van der Waals surface area contributed by atoms with Crippen LogP contribution in [0.4, 0.5) is 13.2 Å². The van der Waals surface area contributed by atoms with Gasteiger partial charge < -0.3 is 24.9 Å². The van der Waals surface area contributed by atoms with Gasteiger partial charge in [0.2, 0.25) is 5.91 Å². The fraction of sp³-hybridized carbons (Fsp3) is 0.136. The number of pyridine rings is 1. The summed E-state index contributed by atoms with van der Waals surface area (Å²) in [7, 11) is 0. The van der Waals surface area contributed by atoms with E-state index >= 15 is 0 Å². The highest BCUT2D eigenvalue weighted by Crippen LogP contribution is 2.37. The molecule has 0 fully saturated rings. The number of benzene rings is 2. The van der Waals surface area contributed by atoms with Crippen LogP contribution >= 0.6 is 0 Å². The van der Waals surface area contributed by atoms with Crippen LogP contribution in [0.5, 0.6) is 11.5 Å². The number of alkyl halides is 3. The Morgan fingerprint density at radius 3 is 2.39 bits per heavy atom. The van der Waals surface area contributed by atoms with Crippen molar-refractivity contribution in [1.82, 2.24) is 9.55 Å². The lowest BCUT2D eigenvalue weighted by Crippen LogP contribution is -2.17. The molecule has 1 amide bonds. The van der Waals surface area contributed by atoms with Gasteiger partial charge >= 0.3 is 12.3 Å². The second-order valence-corrected chi connectivity index (χ2v) is 7.06. The van der Waals surface area contributed by atoms with Crippen molar-refractivity contribution < 1.29 is 37.3 Å². The van der Waals surface area contributed by atoms with Crippen LogP contribution in [0.2, 0.25) is 0 Å². The first-order valence-electron chi connectivity index (χ1n) is 9.52. The van der Waals surface area contributed by atoms with E-state index in [2.05, 4.69) is 9.72 Å². The Morgan fingerprint density at radius 1 is 1.03 bits per heavy atom. The van der Waals surface area contributed by atoms with Gasteiger partial charge in [0.15, 0.2) is 6.61 Å². The Labute approximate surface area is 183 Å². The first-order chi connectivity index (χ1) is 15.6. The summed E-state index contributed by atoms with van der Waals surface area (Å²) < 4.78 is 48.4. The number of ether oxygens (including phenoxy) is 2. The summed E-state index contributed by atoms with van der Waals surface area (Å²) in [5, 5.41) is 9.90. The average Bonchev–Trinajstić information content (AvgIpc) is 3.07. The first kappa shape index (κ1) is 21.9. The Kier molecular flexibility index (Phi) is 5.54. The number of aliphatic carboxylic acids is 1. The minimum Gasteiger partial charge on any atom is -0.480 e. The van der Waals surface area contributed by atoms with Crippen LogP contribution in [0, 0.1) is 0 Å². The van der Waals surface area contributed by atoms with E-state index in [0.717, 1.165) is 0 Å². The number of amides is 1. The van der Waals surface area contributed by atoms with Crippen molar-refractivity contribution in [1.29, 1.82) is 0 Å². The quantitative estimate of drug-likeness (QED) is 0.435. The number of carbonyl (C=O) groups excluding carboxylic acids is 1. The summed E-state index contributed by atoms with van der Waals surface area (Å²) in [5.41, 5.74) is 7.53. The lowest BCUT2D eigenvalue weighted by Gasteiger charge is -2.11. The molecule has 0 atom stereocenters. The van der Waals surface area contributed by atoms with Crippen LogP contribution in [0.3, 0.4) is 0 Å². The molecule has 33 heavy (non-hydrogen) atoms. The Morgan fingerprint density at radius 2 is 1.76 bits per heavy atom. The molecule has 0 radical (unpaired) electrons. The number of fused-ring (bicyclic) bond motifs is 3. The molecule has 3 N–H and O–H groups in total. The van der Waals surface area contributed by atoms with Crippen LogP contribution in [-0.4, -0.2) is 39.5 Å². The van der Waals surface area contributed by atoms with Crippen molar-refractivity contribution in [3.05, 3.63) is 66.0 Å². The number of hydrogen-bond acceptors (Lipinski definition) is 5. The number of aromatic nitrogens is 2. The first-order valence-corrected chi connectivity index (χ1v) is 9.52. The highest BCUT2D eigenvalue weighted by molar-refractivity contribution is 6.19. The molecule has 0 unspecified atom stereocenters. The minimum atomic E-state index is -4.79. The van der Waals surface area contributed by atoms with Crippen LogP contribution in [0.25, 0.3) is 21.8 Å². The van der Waals surface area contributed by atoms with E-state index in [4.69, 9.17) is 15.6 Å². The van der Waals surface area contributed by atoms with Crippen LogP contribution in [0.15, 0.2) is 54.9 Å². The molecule has 8 nitrogen and oxygen atoms in total. The zero-order chi connectivity index (χ0) is 23.8. The van der Waals surface area contributed by atoms with Crippen molar-refractivity contribution >= 4 is 33.7 Å². The van der Waals surface area contributed by atoms with Gasteiger partial charge in [0.1, 0.15) is 11.5 Å². The van der Waals surface area contributed by atoms with Gasteiger partial charge in [-0.25, -0.2) is 4.79 Å². The lowest BCUT2D eigenvalue weighted by atomic mass is 10.1. The molecule has 0 bridgehead atoms. The second kappa shape index (κ2) is 8.34.